The second-order valence-corrected chi connectivity index (χ2v) is 8.32. The molecule has 0 aliphatic rings. The Morgan fingerprint density at radius 3 is 2.38 bits per heavy atom. The molecule has 2 rings (SSSR count). The molecule has 2 aromatic rings. The number of sulfonamides is 1. The molecule has 0 aliphatic heterocycles. The Bertz CT molecular complexity index is 1020. The normalized spacial score (nSPS) is 11.8. The Morgan fingerprint density at radius 2 is 1.79 bits per heavy atom. The van der Waals surface area contributed by atoms with E-state index in [4.69, 9.17) is 10.00 Å². The van der Waals surface area contributed by atoms with Crippen molar-refractivity contribution in [1.29, 1.82) is 5.26 Å². The van der Waals surface area contributed by atoms with Crippen LogP contribution in [0.2, 0.25) is 0 Å². The maximum absolute atomic E-state index is 12.5. The minimum atomic E-state index is -3.77. The fourth-order valence-electron chi connectivity index (χ4n) is 2.33. The maximum Gasteiger partial charge on any atom is 0.255 e. The first kappa shape index (κ1) is 22.1. The summed E-state index contributed by atoms with van der Waals surface area (Å²) < 4.78 is 31.2. The van der Waals surface area contributed by atoms with E-state index in [2.05, 4.69) is 10.5 Å². The third-order valence-electron chi connectivity index (χ3n) is 4.02. The molecule has 0 aliphatic carbocycles. The number of nitrogens with one attached hydrogen (secondary N) is 1. The maximum atomic E-state index is 12.5. The molecule has 0 unspecified atom stereocenters. The molecule has 0 aromatic heterocycles. The second-order valence-electron chi connectivity index (χ2n) is 6.28. The van der Waals surface area contributed by atoms with Gasteiger partial charge in [0.1, 0.15) is 11.8 Å². The van der Waals surface area contributed by atoms with Gasteiger partial charge < -0.3 is 4.74 Å². The molecule has 29 heavy (non-hydrogen) atoms. The Morgan fingerprint density at radius 1 is 1.17 bits per heavy atom. The SMILES string of the molecule is C/C(=N/NC(=O)CN(C)S(=O)(=O)c1ccc(C)cc1)c1ccc(OCC#N)cc1. The predicted octanol–water partition coefficient (Wildman–Crippen LogP) is 2.06. The summed E-state index contributed by atoms with van der Waals surface area (Å²) in [4.78, 5) is 12.2. The highest BCUT2D eigenvalue weighted by Crippen LogP contribution is 2.15. The van der Waals surface area contributed by atoms with Crippen molar-refractivity contribution in [2.75, 3.05) is 20.2 Å². The zero-order chi connectivity index (χ0) is 21.4. The summed E-state index contributed by atoms with van der Waals surface area (Å²) in [5, 5.41) is 12.5. The molecule has 0 radical (unpaired) electrons. The Labute approximate surface area is 170 Å². The lowest BCUT2D eigenvalue weighted by molar-refractivity contribution is -0.121. The van der Waals surface area contributed by atoms with Crippen LogP contribution in [0.25, 0.3) is 0 Å². The van der Waals surface area contributed by atoms with Crippen LogP contribution in [0.15, 0.2) is 58.5 Å². The quantitative estimate of drug-likeness (QED) is 0.525. The number of hydrogen-bond acceptors (Lipinski definition) is 6. The average Bonchev–Trinajstić information content (AvgIpc) is 2.71. The number of aryl methyl sites for hydroxylation is 1. The van der Waals surface area contributed by atoms with Crippen molar-refractivity contribution in [3.8, 4) is 11.8 Å². The first-order valence-electron chi connectivity index (χ1n) is 8.70. The number of hydrazone groups is 1. The molecule has 0 saturated carbocycles. The van der Waals surface area contributed by atoms with E-state index in [1.165, 1.54) is 19.2 Å². The second kappa shape index (κ2) is 9.82. The van der Waals surface area contributed by atoms with Gasteiger partial charge in [0, 0.05) is 7.05 Å². The van der Waals surface area contributed by atoms with Crippen molar-refractivity contribution in [3.05, 3.63) is 59.7 Å². The number of nitrogens with zero attached hydrogens (tertiary/aromatic N) is 3. The van der Waals surface area contributed by atoms with Gasteiger partial charge in [-0.25, -0.2) is 13.8 Å². The highest BCUT2D eigenvalue weighted by Gasteiger charge is 2.22. The van der Waals surface area contributed by atoms with Gasteiger partial charge in [0.25, 0.3) is 5.91 Å². The predicted molar refractivity (Wildman–Crippen MR) is 109 cm³/mol. The average molecular weight is 414 g/mol. The lowest BCUT2D eigenvalue weighted by atomic mass is 10.1. The highest BCUT2D eigenvalue weighted by molar-refractivity contribution is 7.89. The van der Waals surface area contributed by atoms with E-state index in [-0.39, 0.29) is 18.0 Å². The summed E-state index contributed by atoms with van der Waals surface area (Å²) in [6.07, 6.45) is 0. The third-order valence-corrected chi connectivity index (χ3v) is 5.84. The van der Waals surface area contributed by atoms with E-state index in [0.717, 1.165) is 15.4 Å². The number of nitriles is 1. The molecule has 0 saturated heterocycles. The van der Waals surface area contributed by atoms with Gasteiger partial charge in [0.15, 0.2) is 6.61 Å². The van der Waals surface area contributed by atoms with Crippen LogP contribution in [0.1, 0.15) is 18.1 Å². The van der Waals surface area contributed by atoms with Crippen molar-refractivity contribution in [2.24, 2.45) is 5.10 Å². The smallest absolute Gasteiger partial charge is 0.255 e. The van der Waals surface area contributed by atoms with Gasteiger partial charge in [-0.3, -0.25) is 4.79 Å². The summed E-state index contributed by atoms with van der Waals surface area (Å²) in [5.41, 5.74) is 4.59. The minimum Gasteiger partial charge on any atom is -0.479 e. The van der Waals surface area contributed by atoms with Crippen molar-refractivity contribution >= 4 is 21.6 Å². The number of carbonyl (C=O) groups excluding carboxylic acids is 1. The van der Waals surface area contributed by atoms with Gasteiger partial charge in [-0.1, -0.05) is 17.7 Å². The number of likely N-dealkylation sites (N-methyl/N-ethyl adjacent to an activating group) is 1. The molecule has 2 aromatic carbocycles. The fourth-order valence-corrected chi connectivity index (χ4v) is 3.46. The largest absolute Gasteiger partial charge is 0.479 e. The molecule has 152 valence electrons. The number of hydrogen-bond donors (Lipinski definition) is 1. The van der Waals surface area contributed by atoms with Gasteiger partial charge in [0.2, 0.25) is 10.0 Å². The highest BCUT2D eigenvalue weighted by atomic mass is 32.2. The van der Waals surface area contributed by atoms with E-state index >= 15 is 0 Å². The van der Waals surface area contributed by atoms with Crippen LogP contribution < -0.4 is 10.2 Å². The summed E-state index contributed by atoms with van der Waals surface area (Å²) >= 11 is 0. The van der Waals surface area contributed by atoms with Crippen LogP contribution in [-0.4, -0.2) is 44.5 Å². The molecule has 1 amide bonds. The lowest BCUT2D eigenvalue weighted by Gasteiger charge is -2.16. The Hall–Kier alpha value is -3.22. The number of ether oxygens (including phenoxy) is 1. The molecule has 8 nitrogen and oxygen atoms in total. The molecular weight excluding hydrogens is 392 g/mol. The topological polar surface area (TPSA) is 112 Å². The number of benzene rings is 2. The Kier molecular flexibility index (Phi) is 7.47. The van der Waals surface area contributed by atoms with Crippen LogP contribution >= 0.6 is 0 Å². The summed E-state index contributed by atoms with van der Waals surface area (Å²) in [6.45, 7) is 3.16. The Balaban J connectivity index is 1.97. The van der Waals surface area contributed by atoms with Crippen LogP contribution in [0.5, 0.6) is 5.75 Å². The third kappa shape index (κ3) is 6.14. The minimum absolute atomic E-state index is 0.0402. The zero-order valence-corrected chi connectivity index (χ0v) is 17.2. The molecule has 0 spiro atoms. The fraction of sp³-hybridized carbons (Fsp3) is 0.250. The summed E-state index contributed by atoms with van der Waals surface area (Å²) in [5.74, 6) is -0.00779. The molecular formula is C20H22N4O4S. The van der Waals surface area contributed by atoms with E-state index in [9.17, 15) is 13.2 Å². The molecule has 0 fully saturated rings. The number of amides is 1. The molecule has 9 heteroatoms. The van der Waals surface area contributed by atoms with Crippen molar-refractivity contribution in [1.82, 2.24) is 9.73 Å². The number of rotatable bonds is 8. The van der Waals surface area contributed by atoms with Crippen LogP contribution in [0.3, 0.4) is 0 Å². The zero-order valence-electron chi connectivity index (χ0n) is 16.4. The molecule has 0 bridgehead atoms. The van der Waals surface area contributed by atoms with Gasteiger partial charge in [0.05, 0.1) is 17.2 Å². The first-order valence-corrected chi connectivity index (χ1v) is 10.1. The van der Waals surface area contributed by atoms with Gasteiger partial charge in [-0.05, 0) is 55.8 Å². The summed E-state index contributed by atoms with van der Waals surface area (Å²) in [7, 11) is -2.43. The van der Waals surface area contributed by atoms with Crippen LogP contribution in [-0.2, 0) is 14.8 Å². The van der Waals surface area contributed by atoms with Gasteiger partial charge >= 0.3 is 0 Å². The monoisotopic (exact) mass is 414 g/mol. The van der Waals surface area contributed by atoms with Crippen molar-refractivity contribution in [3.63, 3.8) is 0 Å². The van der Waals surface area contributed by atoms with Crippen LogP contribution in [0, 0.1) is 18.3 Å². The van der Waals surface area contributed by atoms with Crippen molar-refractivity contribution < 1.29 is 17.9 Å². The number of carbonyl (C=O) groups is 1. The first-order chi connectivity index (χ1) is 13.7. The van der Waals surface area contributed by atoms with E-state index in [0.29, 0.717) is 11.5 Å². The van der Waals surface area contributed by atoms with Gasteiger partial charge in [-0.15, -0.1) is 0 Å². The summed E-state index contributed by atoms with van der Waals surface area (Å²) in [6, 6.07) is 15.2. The molecule has 1 N–H and O–H groups in total. The molecule has 0 atom stereocenters. The van der Waals surface area contributed by atoms with Gasteiger partial charge in [-0.2, -0.15) is 14.7 Å². The van der Waals surface area contributed by atoms with E-state index < -0.39 is 15.9 Å². The van der Waals surface area contributed by atoms with E-state index in [1.807, 2.05) is 13.0 Å². The standard InChI is InChI=1S/C20H22N4O4S/c1-15-4-10-19(11-5-15)29(26,27)24(3)14-20(25)23-22-16(2)17-6-8-18(9-7-17)28-13-12-21/h4-11H,13-14H2,1-3H3,(H,23,25)/b22-16-. The molecule has 0 heterocycles. The van der Waals surface area contributed by atoms with E-state index in [1.54, 1.807) is 43.3 Å². The lowest BCUT2D eigenvalue weighted by Crippen LogP contribution is -2.36. The van der Waals surface area contributed by atoms with Crippen LogP contribution in [0.4, 0.5) is 0 Å². The van der Waals surface area contributed by atoms with Crippen molar-refractivity contribution in [2.45, 2.75) is 18.7 Å².